The highest BCUT2D eigenvalue weighted by molar-refractivity contribution is 7.98. The Bertz CT molecular complexity index is 1010. The van der Waals surface area contributed by atoms with Crippen LogP contribution in [0.5, 0.6) is 0 Å². The molecule has 3 aromatic rings. The molecule has 1 saturated heterocycles. The van der Waals surface area contributed by atoms with Crippen molar-refractivity contribution >= 4 is 34.4 Å². The first-order chi connectivity index (χ1) is 14.1. The van der Waals surface area contributed by atoms with Gasteiger partial charge in [-0.3, -0.25) is 4.79 Å². The van der Waals surface area contributed by atoms with E-state index in [4.69, 9.17) is 4.98 Å². The quantitative estimate of drug-likeness (QED) is 0.549. The number of nitrogens with zero attached hydrogens (tertiary/aromatic N) is 4. The molecular weight excluding hydrogens is 380 g/mol. The summed E-state index contributed by atoms with van der Waals surface area (Å²) in [5.41, 5.74) is 3.17. The summed E-state index contributed by atoms with van der Waals surface area (Å²) in [5.74, 6) is 1.34. The third-order valence-corrected chi connectivity index (χ3v) is 6.25. The monoisotopic (exact) mass is 408 g/mol. The van der Waals surface area contributed by atoms with Gasteiger partial charge in [-0.2, -0.15) is 0 Å². The van der Waals surface area contributed by atoms with E-state index in [1.165, 1.54) is 4.90 Å². The highest BCUT2D eigenvalue weighted by atomic mass is 32.2. The Morgan fingerprint density at radius 2 is 2.00 bits per heavy atom. The van der Waals surface area contributed by atoms with Crippen LogP contribution in [0.25, 0.3) is 11.0 Å². The molecule has 1 atom stereocenters. The fourth-order valence-corrected chi connectivity index (χ4v) is 4.55. The zero-order valence-corrected chi connectivity index (χ0v) is 18.2. The van der Waals surface area contributed by atoms with Gasteiger partial charge < -0.3 is 14.4 Å². The predicted octanol–water partition coefficient (Wildman–Crippen LogP) is 4.23. The van der Waals surface area contributed by atoms with E-state index in [1.54, 1.807) is 11.8 Å². The summed E-state index contributed by atoms with van der Waals surface area (Å²) in [7, 11) is 4.20. The third kappa shape index (κ3) is 4.19. The number of aromatic nitrogens is 2. The van der Waals surface area contributed by atoms with Crippen molar-refractivity contribution in [2.24, 2.45) is 0 Å². The number of anilines is 1. The molecule has 5 nitrogen and oxygen atoms in total. The van der Waals surface area contributed by atoms with Crippen molar-refractivity contribution in [3.63, 3.8) is 0 Å². The minimum Gasteiger partial charge on any atom is -0.328 e. The molecule has 0 radical (unpaired) electrons. The summed E-state index contributed by atoms with van der Waals surface area (Å²) in [5, 5.41) is 0. The van der Waals surface area contributed by atoms with E-state index in [1.807, 2.05) is 23.1 Å². The van der Waals surface area contributed by atoms with E-state index < -0.39 is 0 Å². The van der Waals surface area contributed by atoms with Gasteiger partial charge in [0.1, 0.15) is 5.82 Å². The number of carbonyl (C=O) groups excluding carboxylic acids is 1. The Morgan fingerprint density at radius 3 is 2.79 bits per heavy atom. The van der Waals surface area contributed by atoms with Crippen LogP contribution in [0, 0.1) is 0 Å². The first kappa shape index (κ1) is 20.0. The molecule has 6 heteroatoms. The molecule has 1 aliphatic heterocycles. The molecule has 1 amide bonds. The number of fused-ring (bicyclic) bond motifs is 1. The summed E-state index contributed by atoms with van der Waals surface area (Å²) >= 11 is 1.70. The average molecular weight is 409 g/mol. The molecule has 1 aromatic heterocycles. The van der Waals surface area contributed by atoms with Crippen molar-refractivity contribution in [2.75, 3.05) is 38.3 Å². The molecule has 0 spiro atoms. The maximum atomic E-state index is 12.9. The predicted molar refractivity (Wildman–Crippen MR) is 121 cm³/mol. The molecule has 0 saturated carbocycles. The second-order valence-corrected chi connectivity index (χ2v) is 8.75. The van der Waals surface area contributed by atoms with Crippen molar-refractivity contribution in [1.82, 2.24) is 14.5 Å². The van der Waals surface area contributed by atoms with Crippen molar-refractivity contribution in [3.05, 3.63) is 54.4 Å². The molecule has 4 rings (SSSR count). The number of benzene rings is 2. The van der Waals surface area contributed by atoms with E-state index >= 15 is 0 Å². The number of para-hydroxylation sites is 2. The van der Waals surface area contributed by atoms with Crippen molar-refractivity contribution in [3.8, 4) is 0 Å². The standard InChI is InChI=1S/C23H28N4OS/c1-25(2)12-7-13-26-21-11-5-4-10-20(21)24-23(26)17-14-22(28)27(16-17)18-8-6-9-19(15-18)29-3/h4-6,8-11,15,17H,7,12-14,16H2,1-3H3. The number of thioether (sulfide) groups is 1. The minimum atomic E-state index is 0.118. The molecule has 0 bridgehead atoms. The van der Waals surface area contributed by atoms with Crippen LogP contribution in [0.4, 0.5) is 5.69 Å². The zero-order chi connectivity index (χ0) is 20.4. The molecular formula is C23H28N4OS. The van der Waals surface area contributed by atoms with Gasteiger partial charge in [0, 0.05) is 36.0 Å². The number of aryl methyl sites for hydroxylation is 1. The van der Waals surface area contributed by atoms with Crippen LogP contribution in [0.1, 0.15) is 24.6 Å². The lowest BCUT2D eigenvalue weighted by atomic mass is 10.1. The van der Waals surface area contributed by atoms with Crippen LogP contribution in [0.15, 0.2) is 53.4 Å². The van der Waals surface area contributed by atoms with E-state index in [0.717, 1.165) is 42.1 Å². The average Bonchev–Trinajstić information content (AvgIpc) is 3.28. The number of hydrogen-bond donors (Lipinski definition) is 0. The molecule has 152 valence electrons. The number of carbonyl (C=O) groups is 1. The Labute approximate surface area is 176 Å². The smallest absolute Gasteiger partial charge is 0.227 e. The number of hydrogen-bond acceptors (Lipinski definition) is 4. The summed E-state index contributed by atoms with van der Waals surface area (Å²) in [4.78, 5) is 23.1. The van der Waals surface area contributed by atoms with Crippen LogP contribution < -0.4 is 4.90 Å². The summed E-state index contributed by atoms with van der Waals surface area (Å²) < 4.78 is 2.33. The third-order valence-electron chi connectivity index (χ3n) is 5.53. The highest BCUT2D eigenvalue weighted by Crippen LogP contribution is 2.34. The fourth-order valence-electron chi connectivity index (χ4n) is 4.09. The van der Waals surface area contributed by atoms with E-state index in [2.05, 4.69) is 60.1 Å². The van der Waals surface area contributed by atoms with Gasteiger partial charge in [0.15, 0.2) is 0 Å². The van der Waals surface area contributed by atoms with Crippen molar-refractivity contribution in [1.29, 1.82) is 0 Å². The maximum Gasteiger partial charge on any atom is 0.227 e. The van der Waals surface area contributed by atoms with E-state index in [0.29, 0.717) is 13.0 Å². The zero-order valence-electron chi connectivity index (χ0n) is 17.3. The number of rotatable bonds is 7. The lowest BCUT2D eigenvalue weighted by molar-refractivity contribution is -0.117. The highest BCUT2D eigenvalue weighted by Gasteiger charge is 2.34. The van der Waals surface area contributed by atoms with Crippen LogP contribution in [0.2, 0.25) is 0 Å². The van der Waals surface area contributed by atoms with E-state index in [9.17, 15) is 4.79 Å². The first-order valence-corrected chi connectivity index (χ1v) is 11.3. The molecule has 29 heavy (non-hydrogen) atoms. The molecule has 1 fully saturated rings. The lowest BCUT2D eigenvalue weighted by Crippen LogP contribution is -2.24. The maximum absolute atomic E-state index is 12.9. The largest absolute Gasteiger partial charge is 0.328 e. The Balaban J connectivity index is 1.63. The van der Waals surface area contributed by atoms with Gasteiger partial charge in [-0.05, 0) is 63.6 Å². The summed E-state index contributed by atoms with van der Waals surface area (Å²) in [6.07, 6.45) is 3.63. The molecule has 2 heterocycles. The van der Waals surface area contributed by atoms with Gasteiger partial charge in [-0.25, -0.2) is 4.98 Å². The molecule has 0 aliphatic carbocycles. The molecule has 1 unspecified atom stereocenters. The van der Waals surface area contributed by atoms with Gasteiger partial charge in [0.25, 0.3) is 0 Å². The van der Waals surface area contributed by atoms with Gasteiger partial charge >= 0.3 is 0 Å². The van der Waals surface area contributed by atoms with Gasteiger partial charge in [0.2, 0.25) is 5.91 Å². The van der Waals surface area contributed by atoms with Gasteiger partial charge in [-0.1, -0.05) is 18.2 Å². The number of imidazole rings is 1. The van der Waals surface area contributed by atoms with Crippen LogP contribution >= 0.6 is 11.8 Å². The SMILES string of the molecule is CSc1cccc(N2CC(c3nc4ccccc4n3CCCN(C)C)CC2=O)c1. The van der Waals surface area contributed by atoms with Crippen molar-refractivity contribution < 1.29 is 4.79 Å². The molecule has 1 aliphatic rings. The summed E-state index contributed by atoms with van der Waals surface area (Å²) in [6.45, 7) is 2.64. The second kappa shape index (κ2) is 8.59. The Hall–Kier alpha value is -2.31. The van der Waals surface area contributed by atoms with Crippen molar-refractivity contribution in [2.45, 2.75) is 30.2 Å². The van der Waals surface area contributed by atoms with Crippen LogP contribution in [0.3, 0.4) is 0 Å². The van der Waals surface area contributed by atoms with Gasteiger partial charge in [-0.15, -0.1) is 11.8 Å². The minimum absolute atomic E-state index is 0.118. The fraction of sp³-hybridized carbons (Fsp3) is 0.391. The Morgan fingerprint density at radius 1 is 1.17 bits per heavy atom. The molecule has 2 aromatic carbocycles. The van der Waals surface area contributed by atoms with Gasteiger partial charge in [0.05, 0.1) is 11.0 Å². The van der Waals surface area contributed by atoms with Crippen LogP contribution in [-0.4, -0.2) is 53.8 Å². The lowest BCUT2D eigenvalue weighted by Gasteiger charge is -2.18. The Kier molecular flexibility index (Phi) is 5.92. The number of amides is 1. The normalized spacial score (nSPS) is 17.0. The summed E-state index contributed by atoms with van der Waals surface area (Å²) in [6, 6.07) is 16.5. The first-order valence-electron chi connectivity index (χ1n) is 10.1. The second-order valence-electron chi connectivity index (χ2n) is 7.87. The topological polar surface area (TPSA) is 41.4 Å². The van der Waals surface area contributed by atoms with Crippen LogP contribution in [-0.2, 0) is 11.3 Å². The van der Waals surface area contributed by atoms with E-state index in [-0.39, 0.29) is 11.8 Å². The molecule has 0 N–H and O–H groups in total.